The Morgan fingerprint density at radius 3 is 2.80 bits per heavy atom. The molecule has 0 aliphatic carbocycles. The molecule has 0 atom stereocenters. The summed E-state index contributed by atoms with van der Waals surface area (Å²) in [7, 11) is 0. The quantitative estimate of drug-likeness (QED) is 0.759. The lowest BCUT2D eigenvalue weighted by molar-refractivity contribution is -0.127. The van der Waals surface area contributed by atoms with E-state index < -0.39 is 0 Å². The van der Waals surface area contributed by atoms with Gasteiger partial charge in [-0.15, -0.1) is 10.2 Å². The van der Waals surface area contributed by atoms with E-state index in [2.05, 4.69) is 15.2 Å². The van der Waals surface area contributed by atoms with Crippen molar-refractivity contribution in [2.45, 2.75) is 19.1 Å². The second-order valence-electron chi connectivity index (χ2n) is 3.97. The van der Waals surface area contributed by atoms with Crippen LogP contribution in [-0.4, -0.2) is 44.8 Å². The van der Waals surface area contributed by atoms with Crippen LogP contribution in [0.15, 0.2) is 34.2 Å². The van der Waals surface area contributed by atoms with Gasteiger partial charge in [-0.25, -0.2) is 0 Å². The maximum absolute atomic E-state index is 11.9. The van der Waals surface area contributed by atoms with E-state index in [9.17, 15) is 4.79 Å². The van der Waals surface area contributed by atoms with Crippen LogP contribution in [0.4, 0.5) is 0 Å². The van der Waals surface area contributed by atoms with E-state index in [1.807, 2.05) is 19.9 Å². The number of amides is 1. The standard InChI is InChI=1S/C13H16N4O2S/c1-3-17(4-2)11(18)9-20-13-16-15-12(19-13)10-6-5-7-14-8-10/h5-8H,3-4,9H2,1-2H3. The molecule has 20 heavy (non-hydrogen) atoms. The van der Waals surface area contributed by atoms with Crippen molar-refractivity contribution in [1.82, 2.24) is 20.1 Å². The molecule has 0 aromatic carbocycles. The van der Waals surface area contributed by atoms with Crippen LogP contribution in [-0.2, 0) is 4.79 Å². The highest BCUT2D eigenvalue weighted by atomic mass is 32.2. The van der Waals surface area contributed by atoms with E-state index >= 15 is 0 Å². The summed E-state index contributed by atoms with van der Waals surface area (Å²) < 4.78 is 5.50. The lowest BCUT2D eigenvalue weighted by atomic mass is 10.3. The topological polar surface area (TPSA) is 72.1 Å². The summed E-state index contributed by atoms with van der Waals surface area (Å²) in [5.74, 6) is 0.785. The molecule has 2 aromatic heterocycles. The van der Waals surface area contributed by atoms with Gasteiger partial charge in [0.2, 0.25) is 11.8 Å². The van der Waals surface area contributed by atoms with Gasteiger partial charge in [-0.3, -0.25) is 9.78 Å². The van der Waals surface area contributed by atoms with Crippen molar-refractivity contribution in [3.8, 4) is 11.5 Å². The lowest BCUT2D eigenvalue weighted by Gasteiger charge is -2.17. The van der Waals surface area contributed by atoms with Crippen molar-refractivity contribution in [3.05, 3.63) is 24.5 Å². The highest BCUT2D eigenvalue weighted by Crippen LogP contribution is 2.22. The van der Waals surface area contributed by atoms with Crippen molar-refractivity contribution in [3.63, 3.8) is 0 Å². The van der Waals surface area contributed by atoms with Crippen LogP contribution >= 0.6 is 11.8 Å². The van der Waals surface area contributed by atoms with Crippen LogP contribution in [0.5, 0.6) is 0 Å². The Balaban J connectivity index is 1.95. The van der Waals surface area contributed by atoms with E-state index in [0.717, 1.165) is 5.56 Å². The molecule has 0 saturated heterocycles. The second kappa shape index (κ2) is 7.04. The Morgan fingerprint density at radius 2 is 2.15 bits per heavy atom. The monoisotopic (exact) mass is 292 g/mol. The summed E-state index contributed by atoms with van der Waals surface area (Å²) in [4.78, 5) is 17.6. The van der Waals surface area contributed by atoms with Gasteiger partial charge in [-0.2, -0.15) is 0 Å². The molecule has 0 radical (unpaired) electrons. The predicted molar refractivity (Wildman–Crippen MR) is 76.2 cm³/mol. The molecule has 2 aromatic rings. The molecule has 2 rings (SSSR count). The van der Waals surface area contributed by atoms with Crippen LogP contribution in [0.1, 0.15) is 13.8 Å². The fourth-order valence-corrected chi connectivity index (χ4v) is 2.33. The van der Waals surface area contributed by atoms with Crippen molar-refractivity contribution >= 4 is 17.7 Å². The molecule has 0 spiro atoms. The zero-order valence-corrected chi connectivity index (χ0v) is 12.3. The fraction of sp³-hybridized carbons (Fsp3) is 0.385. The average Bonchev–Trinajstić information content (AvgIpc) is 2.96. The molecule has 0 unspecified atom stereocenters. The molecule has 1 amide bonds. The molecule has 106 valence electrons. The number of hydrogen-bond donors (Lipinski definition) is 0. The largest absolute Gasteiger partial charge is 0.411 e. The zero-order valence-electron chi connectivity index (χ0n) is 11.4. The number of nitrogens with zero attached hydrogens (tertiary/aromatic N) is 4. The third-order valence-corrected chi connectivity index (χ3v) is 3.55. The third-order valence-electron chi connectivity index (χ3n) is 2.75. The minimum atomic E-state index is 0.0705. The van der Waals surface area contributed by atoms with Crippen molar-refractivity contribution in [1.29, 1.82) is 0 Å². The van der Waals surface area contributed by atoms with Crippen LogP contribution in [0.3, 0.4) is 0 Å². The van der Waals surface area contributed by atoms with Gasteiger partial charge >= 0.3 is 0 Å². The van der Waals surface area contributed by atoms with Gasteiger partial charge in [0.1, 0.15) is 0 Å². The van der Waals surface area contributed by atoms with Crippen molar-refractivity contribution in [2.24, 2.45) is 0 Å². The number of pyridine rings is 1. The van der Waals surface area contributed by atoms with Crippen molar-refractivity contribution < 1.29 is 9.21 Å². The number of carbonyl (C=O) groups excluding carboxylic acids is 1. The maximum Gasteiger partial charge on any atom is 0.277 e. The predicted octanol–water partition coefficient (Wildman–Crippen LogP) is 2.09. The SMILES string of the molecule is CCN(CC)C(=O)CSc1nnc(-c2cccnc2)o1. The minimum absolute atomic E-state index is 0.0705. The summed E-state index contributed by atoms with van der Waals surface area (Å²) in [5.41, 5.74) is 0.766. The summed E-state index contributed by atoms with van der Waals surface area (Å²) in [6.07, 6.45) is 3.33. The van der Waals surface area contributed by atoms with Crippen LogP contribution in [0, 0.1) is 0 Å². The molecule has 2 heterocycles. The first-order valence-electron chi connectivity index (χ1n) is 6.39. The Morgan fingerprint density at radius 1 is 1.35 bits per heavy atom. The molecule has 7 heteroatoms. The number of hydrogen-bond acceptors (Lipinski definition) is 6. The number of carbonyl (C=O) groups is 1. The van der Waals surface area contributed by atoms with Crippen LogP contribution < -0.4 is 0 Å². The average molecular weight is 292 g/mol. The van der Waals surface area contributed by atoms with Crippen molar-refractivity contribution in [2.75, 3.05) is 18.8 Å². The van der Waals surface area contributed by atoms with E-state index in [0.29, 0.717) is 30.0 Å². The molecule has 0 bridgehead atoms. The van der Waals surface area contributed by atoms with E-state index in [-0.39, 0.29) is 5.91 Å². The maximum atomic E-state index is 11.9. The fourth-order valence-electron chi connectivity index (χ4n) is 1.67. The van der Waals surface area contributed by atoms with Gasteiger partial charge in [0, 0.05) is 25.5 Å². The zero-order chi connectivity index (χ0) is 14.4. The molecule has 0 saturated carbocycles. The highest BCUT2D eigenvalue weighted by molar-refractivity contribution is 7.99. The molecule has 6 nitrogen and oxygen atoms in total. The lowest BCUT2D eigenvalue weighted by Crippen LogP contribution is -2.31. The molecular formula is C13H16N4O2S. The smallest absolute Gasteiger partial charge is 0.277 e. The third kappa shape index (κ3) is 3.57. The van der Waals surface area contributed by atoms with Gasteiger partial charge in [-0.1, -0.05) is 11.8 Å². The first-order chi connectivity index (χ1) is 9.74. The normalized spacial score (nSPS) is 10.5. The summed E-state index contributed by atoms with van der Waals surface area (Å²) >= 11 is 1.25. The molecule has 0 aliphatic rings. The first kappa shape index (κ1) is 14.5. The Bertz CT molecular complexity index is 555. The molecule has 0 aliphatic heterocycles. The minimum Gasteiger partial charge on any atom is -0.411 e. The Labute approximate surface area is 121 Å². The van der Waals surface area contributed by atoms with E-state index in [1.165, 1.54) is 11.8 Å². The highest BCUT2D eigenvalue weighted by Gasteiger charge is 2.14. The van der Waals surface area contributed by atoms with Gasteiger partial charge in [-0.05, 0) is 26.0 Å². The van der Waals surface area contributed by atoms with Crippen LogP contribution in [0.25, 0.3) is 11.5 Å². The summed E-state index contributed by atoms with van der Waals surface area (Å²) in [6.45, 7) is 5.33. The van der Waals surface area contributed by atoms with Gasteiger partial charge in [0.25, 0.3) is 5.22 Å². The van der Waals surface area contributed by atoms with Crippen LogP contribution in [0.2, 0.25) is 0 Å². The van der Waals surface area contributed by atoms with Gasteiger partial charge in [0.15, 0.2) is 0 Å². The van der Waals surface area contributed by atoms with E-state index in [1.54, 1.807) is 23.4 Å². The summed E-state index contributed by atoms with van der Waals surface area (Å²) in [5, 5.41) is 8.26. The first-order valence-corrected chi connectivity index (χ1v) is 7.37. The molecule has 0 N–H and O–H groups in total. The summed E-state index contributed by atoms with van der Waals surface area (Å²) in [6, 6.07) is 3.65. The second-order valence-corrected chi connectivity index (χ2v) is 4.90. The molecule has 0 fully saturated rings. The van der Waals surface area contributed by atoms with E-state index in [4.69, 9.17) is 4.42 Å². The van der Waals surface area contributed by atoms with Gasteiger partial charge in [0.05, 0.1) is 11.3 Å². The Hall–Kier alpha value is -1.89. The number of thioether (sulfide) groups is 1. The molecular weight excluding hydrogens is 276 g/mol. The number of aromatic nitrogens is 3. The Kier molecular flexibility index (Phi) is 5.11. The van der Waals surface area contributed by atoms with Gasteiger partial charge < -0.3 is 9.32 Å². The number of rotatable bonds is 6.